The number of benzene rings is 2. The number of amides is 1. The first kappa shape index (κ1) is 20.2. The van der Waals surface area contributed by atoms with Crippen molar-refractivity contribution in [2.75, 3.05) is 10.6 Å². The molecule has 1 aliphatic rings. The van der Waals surface area contributed by atoms with Crippen LogP contribution in [0.25, 0.3) is 6.08 Å². The first-order valence-electron chi connectivity index (χ1n) is 9.98. The molecule has 1 unspecified atom stereocenters. The Hall–Kier alpha value is -4.13. The molecule has 31 heavy (non-hydrogen) atoms. The van der Waals surface area contributed by atoms with Gasteiger partial charge in [-0.3, -0.25) is 4.79 Å². The molecule has 0 aliphatic carbocycles. The Kier molecular flexibility index (Phi) is 5.66. The third-order valence-corrected chi connectivity index (χ3v) is 5.05. The summed E-state index contributed by atoms with van der Waals surface area (Å²) < 4.78 is 1.60. The van der Waals surface area contributed by atoms with E-state index in [4.69, 9.17) is 0 Å². The summed E-state index contributed by atoms with van der Waals surface area (Å²) in [5, 5.41) is 19.5. The fourth-order valence-corrected chi connectivity index (χ4v) is 3.35. The van der Waals surface area contributed by atoms with E-state index in [2.05, 4.69) is 22.7 Å². The highest BCUT2D eigenvalue weighted by Gasteiger charge is 2.27. The molecular formula is C24H22N4O3. The van der Waals surface area contributed by atoms with Crippen LogP contribution in [0, 0.1) is 0 Å². The minimum atomic E-state index is -1.10. The van der Waals surface area contributed by atoms with Gasteiger partial charge in [-0.05, 0) is 35.8 Å². The van der Waals surface area contributed by atoms with Crippen LogP contribution in [0.4, 0.5) is 11.5 Å². The van der Waals surface area contributed by atoms with Gasteiger partial charge in [0.25, 0.3) is 5.91 Å². The molecule has 2 heterocycles. The van der Waals surface area contributed by atoms with Crippen molar-refractivity contribution in [1.29, 1.82) is 0 Å². The first-order valence-corrected chi connectivity index (χ1v) is 9.98. The van der Waals surface area contributed by atoms with Gasteiger partial charge >= 0.3 is 5.97 Å². The third-order valence-electron chi connectivity index (χ3n) is 5.05. The lowest BCUT2D eigenvalue weighted by molar-refractivity contribution is -0.132. The van der Waals surface area contributed by atoms with Crippen LogP contribution in [0.3, 0.4) is 0 Å². The van der Waals surface area contributed by atoms with Crippen LogP contribution in [0.2, 0.25) is 0 Å². The van der Waals surface area contributed by atoms with E-state index in [1.54, 1.807) is 10.8 Å². The Bertz CT molecular complexity index is 1160. The highest BCUT2D eigenvalue weighted by molar-refractivity contribution is 6.08. The molecule has 0 spiro atoms. The molecule has 0 saturated heterocycles. The Morgan fingerprint density at radius 3 is 2.58 bits per heavy atom. The van der Waals surface area contributed by atoms with Crippen LogP contribution >= 0.6 is 0 Å². The fraction of sp³-hybridized carbons (Fsp3) is 0.125. The Labute approximate surface area is 179 Å². The summed E-state index contributed by atoms with van der Waals surface area (Å²) in [6.07, 6.45) is 7.66. The number of anilines is 2. The maximum atomic E-state index is 12.9. The second-order valence-electron chi connectivity index (χ2n) is 7.13. The molecule has 0 radical (unpaired) electrons. The molecule has 4 rings (SSSR count). The van der Waals surface area contributed by atoms with E-state index in [9.17, 15) is 14.7 Å². The standard InChI is InChI=1S/C24H22N4O3/c1-2-16-8-11-18(12-9-16)26-23(29)20-15-25-28-19(13-10-17-6-4-3-5-7-17)14-21(24(30)31)27-22(20)28/h3-15,19,27H,2H2,1H3,(H,26,29)(H,30,31)/b13-10+. The molecule has 0 bridgehead atoms. The Morgan fingerprint density at radius 2 is 1.90 bits per heavy atom. The van der Waals surface area contributed by atoms with Gasteiger partial charge in [0.1, 0.15) is 17.1 Å². The van der Waals surface area contributed by atoms with Crippen molar-refractivity contribution < 1.29 is 14.7 Å². The molecule has 1 atom stereocenters. The highest BCUT2D eigenvalue weighted by atomic mass is 16.4. The topological polar surface area (TPSA) is 96.3 Å². The molecule has 7 nitrogen and oxygen atoms in total. The number of aliphatic carboxylic acids is 1. The second-order valence-corrected chi connectivity index (χ2v) is 7.13. The van der Waals surface area contributed by atoms with E-state index in [0.717, 1.165) is 12.0 Å². The SMILES string of the molecule is CCc1ccc(NC(=O)c2cnn3c2NC(C(=O)O)=CC3/C=C/c2ccccc2)cc1. The lowest BCUT2D eigenvalue weighted by Gasteiger charge is -2.22. The summed E-state index contributed by atoms with van der Waals surface area (Å²) in [7, 11) is 0. The average Bonchev–Trinajstić information content (AvgIpc) is 3.23. The summed E-state index contributed by atoms with van der Waals surface area (Å²) in [6.45, 7) is 2.06. The quantitative estimate of drug-likeness (QED) is 0.557. The van der Waals surface area contributed by atoms with Crippen LogP contribution in [-0.2, 0) is 11.2 Å². The Morgan fingerprint density at radius 1 is 1.16 bits per heavy atom. The minimum Gasteiger partial charge on any atom is -0.477 e. The van der Waals surface area contributed by atoms with Crippen molar-refractivity contribution in [1.82, 2.24) is 9.78 Å². The van der Waals surface area contributed by atoms with E-state index in [1.807, 2.05) is 66.7 Å². The van der Waals surface area contributed by atoms with Crippen molar-refractivity contribution >= 4 is 29.5 Å². The summed E-state index contributed by atoms with van der Waals surface area (Å²) in [4.78, 5) is 24.5. The molecular weight excluding hydrogens is 392 g/mol. The number of aryl methyl sites for hydroxylation is 1. The monoisotopic (exact) mass is 414 g/mol. The van der Waals surface area contributed by atoms with E-state index >= 15 is 0 Å². The lowest BCUT2D eigenvalue weighted by atomic mass is 10.1. The van der Waals surface area contributed by atoms with Crippen LogP contribution in [0.15, 0.2) is 78.6 Å². The second kappa shape index (κ2) is 8.71. The molecule has 0 fully saturated rings. The van der Waals surface area contributed by atoms with Crippen LogP contribution in [-0.4, -0.2) is 26.8 Å². The number of carboxylic acids is 1. The molecule has 7 heteroatoms. The maximum Gasteiger partial charge on any atom is 0.352 e. The fourth-order valence-electron chi connectivity index (χ4n) is 3.35. The van der Waals surface area contributed by atoms with Crippen molar-refractivity contribution in [3.05, 3.63) is 95.3 Å². The number of nitrogens with zero attached hydrogens (tertiary/aromatic N) is 2. The van der Waals surface area contributed by atoms with Crippen LogP contribution < -0.4 is 10.6 Å². The molecule has 0 saturated carbocycles. The van der Waals surface area contributed by atoms with Crippen LogP contribution in [0.1, 0.15) is 34.5 Å². The summed E-state index contributed by atoms with van der Waals surface area (Å²) in [6, 6.07) is 16.8. The van der Waals surface area contributed by atoms with Gasteiger partial charge in [-0.1, -0.05) is 61.5 Å². The predicted molar refractivity (Wildman–Crippen MR) is 120 cm³/mol. The van der Waals surface area contributed by atoms with Gasteiger partial charge in [0.2, 0.25) is 0 Å². The van der Waals surface area contributed by atoms with Crippen LogP contribution in [0.5, 0.6) is 0 Å². The normalized spacial score (nSPS) is 15.1. The Balaban J connectivity index is 1.62. The van der Waals surface area contributed by atoms with Crippen molar-refractivity contribution in [2.45, 2.75) is 19.4 Å². The number of hydrogen-bond acceptors (Lipinski definition) is 4. The number of hydrogen-bond donors (Lipinski definition) is 3. The maximum absolute atomic E-state index is 12.9. The molecule has 156 valence electrons. The van der Waals surface area contributed by atoms with E-state index < -0.39 is 12.0 Å². The van der Waals surface area contributed by atoms with E-state index in [-0.39, 0.29) is 17.2 Å². The van der Waals surface area contributed by atoms with Crippen molar-refractivity contribution in [2.24, 2.45) is 0 Å². The molecule has 1 amide bonds. The predicted octanol–water partition coefficient (Wildman–Crippen LogP) is 4.35. The molecule has 1 aliphatic heterocycles. The van der Waals surface area contributed by atoms with Crippen molar-refractivity contribution in [3.63, 3.8) is 0 Å². The summed E-state index contributed by atoms with van der Waals surface area (Å²) in [5.74, 6) is -1.13. The number of carbonyl (C=O) groups is 2. The zero-order valence-electron chi connectivity index (χ0n) is 16.9. The van der Waals surface area contributed by atoms with E-state index in [1.165, 1.54) is 11.8 Å². The van der Waals surface area contributed by atoms with Gasteiger partial charge in [0.15, 0.2) is 0 Å². The number of rotatable bonds is 6. The molecule has 3 aromatic rings. The minimum absolute atomic E-state index is 0.00272. The third kappa shape index (κ3) is 4.40. The summed E-state index contributed by atoms with van der Waals surface area (Å²) >= 11 is 0. The van der Waals surface area contributed by atoms with Gasteiger partial charge in [-0.25, -0.2) is 9.48 Å². The van der Waals surface area contributed by atoms with Gasteiger partial charge in [-0.15, -0.1) is 0 Å². The van der Waals surface area contributed by atoms with E-state index in [0.29, 0.717) is 11.5 Å². The number of aromatic nitrogens is 2. The largest absolute Gasteiger partial charge is 0.477 e. The number of carbonyl (C=O) groups excluding carboxylic acids is 1. The average molecular weight is 414 g/mol. The van der Waals surface area contributed by atoms with Gasteiger partial charge in [0.05, 0.1) is 12.2 Å². The highest BCUT2D eigenvalue weighted by Crippen LogP contribution is 2.29. The number of fused-ring (bicyclic) bond motifs is 1. The van der Waals surface area contributed by atoms with Crippen molar-refractivity contribution in [3.8, 4) is 0 Å². The summed E-state index contributed by atoms with van der Waals surface area (Å²) in [5.41, 5.74) is 3.08. The van der Waals surface area contributed by atoms with Gasteiger partial charge in [0, 0.05) is 5.69 Å². The zero-order valence-corrected chi connectivity index (χ0v) is 16.9. The van der Waals surface area contributed by atoms with Gasteiger partial charge < -0.3 is 15.7 Å². The number of allylic oxidation sites excluding steroid dienone is 2. The first-order chi connectivity index (χ1) is 15.0. The molecule has 2 aromatic carbocycles. The smallest absolute Gasteiger partial charge is 0.352 e. The molecule has 1 aromatic heterocycles. The lowest BCUT2D eigenvalue weighted by Crippen LogP contribution is -2.24. The molecule has 3 N–H and O–H groups in total. The zero-order chi connectivity index (χ0) is 21.8. The number of carboxylic acid groups (broad SMARTS) is 1. The number of nitrogens with one attached hydrogen (secondary N) is 2. The van der Waals surface area contributed by atoms with Gasteiger partial charge in [-0.2, -0.15) is 5.10 Å².